The van der Waals surface area contributed by atoms with Gasteiger partial charge in [-0.1, -0.05) is 18.2 Å². The van der Waals surface area contributed by atoms with Gasteiger partial charge >= 0.3 is 6.09 Å². The van der Waals surface area contributed by atoms with Crippen molar-refractivity contribution >= 4 is 27.7 Å². The summed E-state index contributed by atoms with van der Waals surface area (Å²) in [4.78, 5) is 23.6. The van der Waals surface area contributed by atoms with E-state index in [0.717, 1.165) is 0 Å². The van der Waals surface area contributed by atoms with Crippen LogP contribution in [0.4, 0.5) is 16.6 Å². The Morgan fingerprint density at radius 2 is 1.85 bits per heavy atom. The Hall–Kier alpha value is -2.88. The standard InChI is InChI=1S/C17H21N5O4S/c1-2-26-17(23)22-10-8-21(9-11-22)16-19-12-14(15(18)20-16)27(24,25)13-6-4-3-5-7-13/h3-7,12H,2,8-11H2,1H3,(H2,18,19,20). The molecule has 1 saturated heterocycles. The first-order valence-corrected chi connectivity index (χ1v) is 10.0. The number of piperazine rings is 1. The second-order valence-electron chi connectivity index (χ2n) is 5.91. The smallest absolute Gasteiger partial charge is 0.409 e. The lowest BCUT2D eigenvalue weighted by Crippen LogP contribution is -2.49. The molecule has 0 spiro atoms. The molecule has 1 amide bonds. The highest BCUT2D eigenvalue weighted by Gasteiger charge is 2.26. The lowest BCUT2D eigenvalue weighted by molar-refractivity contribution is 0.105. The third kappa shape index (κ3) is 3.95. The summed E-state index contributed by atoms with van der Waals surface area (Å²) in [7, 11) is -3.78. The van der Waals surface area contributed by atoms with E-state index in [1.807, 2.05) is 4.90 Å². The number of aromatic nitrogens is 2. The molecule has 27 heavy (non-hydrogen) atoms. The molecule has 144 valence electrons. The molecule has 0 aliphatic carbocycles. The average Bonchev–Trinajstić information content (AvgIpc) is 2.68. The summed E-state index contributed by atoms with van der Waals surface area (Å²) >= 11 is 0. The monoisotopic (exact) mass is 391 g/mol. The van der Waals surface area contributed by atoms with Crippen molar-refractivity contribution in [1.29, 1.82) is 0 Å². The number of rotatable bonds is 4. The Morgan fingerprint density at radius 1 is 1.19 bits per heavy atom. The van der Waals surface area contributed by atoms with Gasteiger partial charge in [-0.15, -0.1) is 0 Å². The minimum Gasteiger partial charge on any atom is -0.450 e. The van der Waals surface area contributed by atoms with Crippen molar-refractivity contribution in [3.05, 3.63) is 36.5 Å². The third-order valence-corrected chi connectivity index (χ3v) is 5.99. The van der Waals surface area contributed by atoms with Gasteiger partial charge in [0.05, 0.1) is 17.7 Å². The van der Waals surface area contributed by atoms with E-state index in [1.54, 1.807) is 30.0 Å². The Bertz CT molecular complexity index is 912. The fourth-order valence-corrected chi connectivity index (χ4v) is 4.05. The third-order valence-electron chi connectivity index (χ3n) is 4.20. The number of carbonyl (C=O) groups excluding carboxylic acids is 1. The Balaban J connectivity index is 1.76. The first-order valence-electron chi connectivity index (χ1n) is 8.52. The minimum absolute atomic E-state index is 0.100. The number of amides is 1. The van der Waals surface area contributed by atoms with Crippen LogP contribution in [0.2, 0.25) is 0 Å². The number of carbonyl (C=O) groups is 1. The molecule has 1 aromatic heterocycles. The van der Waals surface area contributed by atoms with Crippen LogP contribution in [0.1, 0.15) is 6.92 Å². The lowest BCUT2D eigenvalue weighted by atomic mass is 10.3. The van der Waals surface area contributed by atoms with Crippen LogP contribution in [0.5, 0.6) is 0 Å². The zero-order valence-corrected chi connectivity index (χ0v) is 15.7. The molecule has 2 heterocycles. The van der Waals surface area contributed by atoms with Crippen LogP contribution < -0.4 is 10.6 Å². The topological polar surface area (TPSA) is 119 Å². The number of nitrogens with zero attached hydrogens (tertiary/aromatic N) is 4. The molecule has 2 N–H and O–H groups in total. The first-order chi connectivity index (χ1) is 12.9. The molecule has 1 aliphatic heterocycles. The summed E-state index contributed by atoms with van der Waals surface area (Å²) in [5, 5.41) is 0. The number of hydrogen-bond acceptors (Lipinski definition) is 8. The maximum absolute atomic E-state index is 12.7. The lowest BCUT2D eigenvalue weighted by Gasteiger charge is -2.34. The van der Waals surface area contributed by atoms with Gasteiger partial charge in [-0.2, -0.15) is 4.98 Å². The van der Waals surface area contributed by atoms with Gasteiger partial charge in [0.1, 0.15) is 10.7 Å². The van der Waals surface area contributed by atoms with Gasteiger partial charge in [-0.3, -0.25) is 0 Å². The first kappa shape index (κ1) is 18.9. The van der Waals surface area contributed by atoms with Crippen molar-refractivity contribution in [2.45, 2.75) is 16.7 Å². The van der Waals surface area contributed by atoms with Crippen LogP contribution >= 0.6 is 0 Å². The molecule has 0 unspecified atom stereocenters. The fraction of sp³-hybridized carbons (Fsp3) is 0.353. The van der Waals surface area contributed by atoms with E-state index in [-0.39, 0.29) is 21.7 Å². The molecular weight excluding hydrogens is 370 g/mol. The maximum Gasteiger partial charge on any atom is 0.409 e. The van der Waals surface area contributed by atoms with Crippen LogP contribution in [0, 0.1) is 0 Å². The van der Waals surface area contributed by atoms with E-state index in [2.05, 4.69) is 9.97 Å². The minimum atomic E-state index is -3.78. The van der Waals surface area contributed by atoms with Crippen LogP contribution in [0.3, 0.4) is 0 Å². The van der Waals surface area contributed by atoms with E-state index in [1.165, 1.54) is 18.3 Å². The van der Waals surface area contributed by atoms with Crippen LogP contribution in [-0.2, 0) is 14.6 Å². The highest BCUT2D eigenvalue weighted by Crippen LogP contribution is 2.25. The van der Waals surface area contributed by atoms with Gasteiger partial charge < -0.3 is 20.3 Å². The van der Waals surface area contributed by atoms with Crippen molar-refractivity contribution in [2.75, 3.05) is 43.4 Å². The normalized spacial score (nSPS) is 14.9. The Kier molecular flexibility index (Phi) is 5.45. The van der Waals surface area contributed by atoms with Gasteiger partial charge in [0.2, 0.25) is 15.8 Å². The second kappa shape index (κ2) is 7.78. The fourth-order valence-electron chi connectivity index (χ4n) is 2.76. The Morgan fingerprint density at radius 3 is 2.44 bits per heavy atom. The highest BCUT2D eigenvalue weighted by molar-refractivity contribution is 7.91. The summed E-state index contributed by atoms with van der Waals surface area (Å²) in [5.74, 6) is 0.236. The van der Waals surface area contributed by atoms with Gasteiger partial charge in [-0.25, -0.2) is 18.2 Å². The number of ether oxygens (including phenoxy) is 1. The molecular formula is C17H21N5O4S. The molecule has 1 aliphatic rings. The molecule has 10 heteroatoms. The molecule has 1 aromatic carbocycles. The molecule has 0 atom stereocenters. The summed E-state index contributed by atoms with van der Waals surface area (Å²) in [6.07, 6.45) is 0.888. The van der Waals surface area contributed by atoms with Gasteiger partial charge in [0.15, 0.2) is 0 Å². The molecule has 0 radical (unpaired) electrons. The number of benzene rings is 1. The van der Waals surface area contributed by atoms with Gasteiger partial charge in [-0.05, 0) is 19.1 Å². The molecule has 3 rings (SSSR count). The van der Waals surface area contributed by atoms with Gasteiger partial charge in [0.25, 0.3) is 0 Å². The van der Waals surface area contributed by atoms with Crippen molar-refractivity contribution < 1.29 is 17.9 Å². The molecule has 0 saturated carbocycles. The highest BCUT2D eigenvalue weighted by atomic mass is 32.2. The number of nitrogen functional groups attached to an aromatic ring is 1. The summed E-state index contributed by atoms with van der Waals surface area (Å²) in [6, 6.07) is 8.01. The van der Waals surface area contributed by atoms with Crippen LogP contribution in [0.15, 0.2) is 46.3 Å². The maximum atomic E-state index is 12.7. The average molecular weight is 391 g/mol. The SMILES string of the molecule is CCOC(=O)N1CCN(c2ncc(S(=O)(=O)c3ccccc3)c(N)n2)CC1. The van der Waals surface area contributed by atoms with E-state index in [9.17, 15) is 13.2 Å². The van der Waals surface area contributed by atoms with E-state index < -0.39 is 9.84 Å². The van der Waals surface area contributed by atoms with Crippen molar-refractivity contribution in [1.82, 2.24) is 14.9 Å². The number of nitrogens with two attached hydrogens (primary N) is 1. The molecule has 2 aromatic rings. The second-order valence-corrected chi connectivity index (χ2v) is 7.83. The predicted molar refractivity (Wildman–Crippen MR) is 99.1 cm³/mol. The van der Waals surface area contributed by atoms with E-state index >= 15 is 0 Å². The number of sulfone groups is 1. The predicted octanol–water partition coefficient (Wildman–Crippen LogP) is 1.17. The zero-order valence-electron chi connectivity index (χ0n) is 14.9. The Labute approximate surface area is 157 Å². The summed E-state index contributed by atoms with van der Waals surface area (Å²) in [5.41, 5.74) is 5.93. The van der Waals surface area contributed by atoms with Crippen molar-refractivity contribution in [3.8, 4) is 0 Å². The van der Waals surface area contributed by atoms with Gasteiger partial charge in [0, 0.05) is 26.2 Å². The largest absolute Gasteiger partial charge is 0.450 e. The zero-order chi connectivity index (χ0) is 19.4. The van der Waals surface area contributed by atoms with Crippen LogP contribution in [0.25, 0.3) is 0 Å². The summed E-state index contributed by atoms with van der Waals surface area (Å²) in [6.45, 7) is 4.02. The van der Waals surface area contributed by atoms with E-state index in [4.69, 9.17) is 10.5 Å². The quantitative estimate of drug-likeness (QED) is 0.825. The number of anilines is 2. The van der Waals surface area contributed by atoms with E-state index in [0.29, 0.717) is 38.7 Å². The summed E-state index contributed by atoms with van der Waals surface area (Å²) < 4.78 is 30.4. The number of hydrogen-bond donors (Lipinski definition) is 1. The van der Waals surface area contributed by atoms with Crippen LogP contribution in [-0.4, -0.2) is 62.2 Å². The molecule has 0 bridgehead atoms. The molecule has 9 nitrogen and oxygen atoms in total. The van der Waals surface area contributed by atoms with Crippen molar-refractivity contribution in [2.24, 2.45) is 0 Å². The molecule has 1 fully saturated rings. The van der Waals surface area contributed by atoms with Crippen molar-refractivity contribution in [3.63, 3.8) is 0 Å².